The minimum absolute atomic E-state index is 0.0379. The molecule has 14 heteroatoms. The molecule has 0 aromatic heterocycles. The van der Waals surface area contributed by atoms with Gasteiger partial charge < -0.3 is 39.4 Å². The Kier molecular flexibility index (Phi) is 10.8. The van der Waals surface area contributed by atoms with Crippen molar-refractivity contribution in [3.8, 4) is 11.5 Å². The maximum atomic E-state index is 14.1. The number of carbonyl (C=O) groups is 2. The molecule has 214 valence electrons. The fourth-order valence-electron chi connectivity index (χ4n) is 3.76. The van der Waals surface area contributed by atoms with E-state index in [9.17, 15) is 29.5 Å². The number of ether oxygens (including phenoxy) is 3. The molecular formula is C25H33N2O11P. The molecule has 0 bridgehead atoms. The van der Waals surface area contributed by atoms with Crippen LogP contribution in [0.2, 0.25) is 0 Å². The van der Waals surface area contributed by atoms with Gasteiger partial charge in [0.15, 0.2) is 6.29 Å². The molecule has 13 nitrogen and oxygen atoms in total. The summed E-state index contributed by atoms with van der Waals surface area (Å²) in [6.07, 6.45) is -6.33. The van der Waals surface area contributed by atoms with Crippen molar-refractivity contribution in [3.63, 3.8) is 0 Å². The van der Waals surface area contributed by atoms with E-state index in [0.29, 0.717) is 5.75 Å². The smallest absolute Gasteiger partial charge is 0.459 e. The normalized spacial score (nSPS) is 25.1. The van der Waals surface area contributed by atoms with Crippen molar-refractivity contribution in [2.24, 2.45) is 0 Å². The Morgan fingerprint density at radius 3 is 2.31 bits per heavy atom. The lowest BCUT2D eigenvalue weighted by Gasteiger charge is -2.43. The number of carbonyl (C=O) groups excluding carboxylic acids is 2. The van der Waals surface area contributed by atoms with Crippen LogP contribution < -0.4 is 19.7 Å². The molecule has 1 heterocycles. The molecule has 39 heavy (non-hydrogen) atoms. The summed E-state index contributed by atoms with van der Waals surface area (Å²) in [5, 5.41) is 35.7. The molecule has 5 N–H and O–H groups in total. The summed E-state index contributed by atoms with van der Waals surface area (Å²) < 4.78 is 41.0. The van der Waals surface area contributed by atoms with Crippen LogP contribution >= 0.6 is 7.75 Å². The van der Waals surface area contributed by atoms with E-state index in [1.165, 1.54) is 38.3 Å². The van der Waals surface area contributed by atoms with Crippen LogP contribution in [0.25, 0.3) is 0 Å². The van der Waals surface area contributed by atoms with Crippen molar-refractivity contribution in [2.45, 2.75) is 57.1 Å². The van der Waals surface area contributed by atoms with Gasteiger partial charge in [0.1, 0.15) is 48.5 Å². The van der Waals surface area contributed by atoms with Crippen molar-refractivity contribution in [1.82, 2.24) is 10.4 Å². The van der Waals surface area contributed by atoms with Crippen LogP contribution in [0.15, 0.2) is 54.6 Å². The SMILES string of the molecule is COc1ccc(OP(=O)(NC(C)C(=O)OCc2ccccc2)O[C@H]2[C@H](O)[C@@H](CO)O[C@H](O)[C@@H]2NC(C)=O)cc1. The molecular weight excluding hydrogens is 535 g/mol. The van der Waals surface area contributed by atoms with Gasteiger partial charge in [-0.05, 0) is 36.8 Å². The molecule has 1 aliphatic rings. The average molecular weight is 569 g/mol. The fourth-order valence-corrected chi connectivity index (χ4v) is 5.47. The number of methoxy groups -OCH3 is 1. The third-order valence-electron chi connectivity index (χ3n) is 5.72. The summed E-state index contributed by atoms with van der Waals surface area (Å²) in [4.78, 5) is 24.5. The number of amides is 1. The number of hydrogen-bond acceptors (Lipinski definition) is 11. The number of nitrogens with one attached hydrogen (secondary N) is 2. The second kappa shape index (κ2) is 13.9. The van der Waals surface area contributed by atoms with Crippen molar-refractivity contribution in [1.29, 1.82) is 0 Å². The van der Waals surface area contributed by atoms with E-state index in [4.69, 9.17) is 23.3 Å². The zero-order valence-electron chi connectivity index (χ0n) is 21.6. The second-order valence-electron chi connectivity index (χ2n) is 8.74. The number of benzene rings is 2. The summed E-state index contributed by atoms with van der Waals surface area (Å²) >= 11 is 0. The van der Waals surface area contributed by atoms with Gasteiger partial charge in [0, 0.05) is 6.92 Å². The molecule has 7 atom stereocenters. The van der Waals surface area contributed by atoms with Crippen LogP contribution in [-0.2, 0) is 34.8 Å². The highest BCUT2D eigenvalue weighted by molar-refractivity contribution is 7.52. The Hall–Kier alpha value is -3.03. The molecule has 1 fully saturated rings. The first kappa shape index (κ1) is 30.5. The summed E-state index contributed by atoms with van der Waals surface area (Å²) in [6.45, 7) is 1.77. The Bertz CT molecular complexity index is 1130. The predicted octanol–water partition coefficient (Wildman–Crippen LogP) is 0.864. The topological polar surface area (TPSA) is 182 Å². The minimum Gasteiger partial charge on any atom is -0.497 e. The van der Waals surface area contributed by atoms with Crippen molar-refractivity contribution in [3.05, 3.63) is 60.2 Å². The van der Waals surface area contributed by atoms with E-state index < -0.39 is 62.9 Å². The number of esters is 1. The highest BCUT2D eigenvalue weighted by Gasteiger charge is 2.50. The van der Waals surface area contributed by atoms with E-state index in [0.717, 1.165) is 12.5 Å². The van der Waals surface area contributed by atoms with E-state index in [1.54, 1.807) is 24.3 Å². The van der Waals surface area contributed by atoms with Gasteiger partial charge in [-0.25, -0.2) is 4.57 Å². The number of rotatable bonds is 12. The van der Waals surface area contributed by atoms with Crippen molar-refractivity contribution in [2.75, 3.05) is 13.7 Å². The van der Waals surface area contributed by atoms with E-state index in [1.807, 2.05) is 6.07 Å². The maximum absolute atomic E-state index is 14.1. The highest BCUT2D eigenvalue weighted by atomic mass is 31.2. The minimum atomic E-state index is -4.57. The largest absolute Gasteiger partial charge is 0.497 e. The van der Waals surface area contributed by atoms with Gasteiger partial charge in [-0.2, -0.15) is 5.09 Å². The fraction of sp³-hybridized carbons (Fsp3) is 0.440. The molecule has 0 aliphatic carbocycles. The van der Waals surface area contributed by atoms with Crippen LogP contribution in [-0.4, -0.2) is 77.6 Å². The molecule has 0 radical (unpaired) electrons. The first-order chi connectivity index (χ1) is 18.5. The van der Waals surface area contributed by atoms with Gasteiger partial charge in [-0.1, -0.05) is 30.3 Å². The van der Waals surface area contributed by atoms with Gasteiger partial charge in [-0.3, -0.25) is 14.1 Å². The Morgan fingerprint density at radius 1 is 1.08 bits per heavy atom. The Labute approximate surface area is 225 Å². The van der Waals surface area contributed by atoms with Gasteiger partial charge in [-0.15, -0.1) is 0 Å². The van der Waals surface area contributed by atoms with Crippen LogP contribution in [0, 0.1) is 0 Å². The first-order valence-electron chi connectivity index (χ1n) is 12.0. The lowest BCUT2D eigenvalue weighted by atomic mass is 9.97. The monoisotopic (exact) mass is 568 g/mol. The first-order valence-corrected chi connectivity index (χ1v) is 13.6. The molecule has 2 aromatic rings. The molecule has 3 rings (SSSR count). The molecule has 2 aromatic carbocycles. The molecule has 1 amide bonds. The van der Waals surface area contributed by atoms with Crippen molar-refractivity contribution >= 4 is 19.6 Å². The van der Waals surface area contributed by atoms with Gasteiger partial charge in [0.2, 0.25) is 5.91 Å². The van der Waals surface area contributed by atoms with E-state index in [-0.39, 0.29) is 12.4 Å². The van der Waals surface area contributed by atoms with Crippen molar-refractivity contribution < 1.29 is 52.7 Å². The van der Waals surface area contributed by atoms with Gasteiger partial charge >= 0.3 is 13.7 Å². The molecule has 1 aliphatic heterocycles. The summed E-state index contributed by atoms with van der Waals surface area (Å²) in [6, 6.07) is 12.2. The zero-order valence-corrected chi connectivity index (χ0v) is 22.5. The number of aliphatic hydroxyl groups is 3. The summed E-state index contributed by atoms with van der Waals surface area (Å²) in [7, 11) is -3.11. The molecule has 0 spiro atoms. The maximum Gasteiger partial charge on any atom is 0.459 e. The predicted molar refractivity (Wildman–Crippen MR) is 137 cm³/mol. The molecule has 1 saturated heterocycles. The quantitative estimate of drug-likeness (QED) is 0.180. The lowest BCUT2D eigenvalue weighted by Crippen LogP contribution is -2.64. The van der Waals surface area contributed by atoms with E-state index in [2.05, 4.69) is 10.4 Å². The van der Waals surface area contributed by atoms with Gasteiger partial charge in [0.25, 0.3) is 0 Å². The molecule has 0 saturated carbocycles. The third kappa shape index (κ3) is 8.48. The number of aliphatic hydroxyl groups excluding tert-OH is 3. The average Bonchev–Trinajstić information content (AvgIpc) is 2.91. The zero-order chi connectivity index (χ0) is 28.6. The second-order valence-corrected chi connectivity index (χ2v) is 10.4. The Morgan fingerprint density at radius 2 is 1.72 bits per heavy atom. The summed E-state index contributed by atoms with van der Waals surface area (Å²) in [5.41, 5.74) is 0.736. The highest BCUT2D eigenvalue weighted by Crippen LogP contribution is 2.48. The lowest BCUT2D eigenvalue weighted by molar-refractivity contribution is -0.250. The van der Waals surface area contributed by atoms with Crippen LogP contribution in [0.5, 0.6) is 11.5 Å². The summed E-state index contributed by atoms with van der Waals surface area (Å²) in [5.74, 6) is -0.848. The van der Waals surface area contributed by atoms with Crippen LogP contribution in [0.4, 0.5) is 0 Å². The van der Waals surface area contributed by atoms with Crippen LogP contribution in [0.1, 0.15) is 19.4 Å². The third-order valence-corrected chi connectivity index (χ3v) is 7.39. The standard InChI is InChI=1S/C25H33N2O11P/c1-15(24(31)35-14-17-7-5-4-6-8-17)27-39(33,37-19-11-9-18(34-3)10-12-19)38-23-21(26-16(2)29)25(32)36-20(13-28)22(23)30/h4-12,15,20-23,25,28,30,32H,13-14H2,1-3H3,(H,26,29)(H,27,33)/t15?,20-,21-,22-,23-,25+,39?/m1/s1. The van der Waals surface area contributed by atoms with Crippen LogP contribution in [0.3, 0.4) is 0 Å². The van der Waals surface area contributed by atoms with E-state index >= 15 is 0 Å². The van der Waals surface area contributed by atoms with Gasteiger partial charge in [0.05, 0.1) is 13.7 Å². The number of hydrogen-bond donors (Lipinski definition) is 5. The Balaban J connectivity index is 1.86. The molecule has 2 unspecified atom stereocenters.